The lowest BCUT2D eigenvalue weighted by molar-refractivity contribution is -0.151. The molecule has 22 heavy (non-hydrogen) atoms. The molecule has 6 nitrogen and oxygen atoms in total. The van der Waals surface area contributed by atoms with Crippen LogP contribution in [0.1, 0.15) is 33.6 Å². The molecule has 1 rings (SSSR count). The summed E-state index contributed by atoms with van der Waals surface area (Å²) in [6.45, 7) is 10.1. The molecule has 1 fully saturated rings. The molecule has 0 aromatic rings. The molecule has 0 radical (unpaired) electrons. The Hall–Kier alpha value is -1.14. The number of carbonyl (C=O) groups excluding carboxylic acids is 2. The highest BCUT2D eigenvalue weighted by Crippen LogP contribution is 2.18. The first-order valence-electron chi connectivity index (χ1n) is 8.27. The molecule has 1 heterocycles. The summed E-state index contributed by atoms with van der Waals surface area (Å²) in [5.41, 5.74) is 0. The van der Waals surface area contributed by atoms with Gasteiger partial charge in [-0.15, -0.1) is 0 Å². The molecular weight excluding hydrogens is 284 g/mol. The average molecular weight is 314 g/mol. The van der Waals surface area contributed by atoms with Gasteiger partial charge in [-0.05, 0) is 32.2 Å². The molecule has 1 saturated heterocycles. The van der Waals surface area contributed by atoms with E-state index >= 15 is 0 Å². The first-order chi connectivity index (χ1) is 10.5. The summed E-state index contributed by atoms with van der Waals surface area (Å²) in [4.78, 5) is 25.4. The van der Waals surface area contributed by atoms with E-state index in [9.17, 15) is 9.59 Å². The van der Waals surface area contributed by atoms with Crippen molar-refractivity contribution >= 4 is 11.9 Å². The molecule has 1 aliphatic rings. The third-order valence-electron chi connectivity index (χ3n) is 3.67. The maximum atomic E-state index is 12.0. The smallest absolute Gasteiger partial charge is 0.309 e. The van der Waals surface area contributed by atoms with Gasteiger partial charge >= 0.3 is 5.97 Å². The van der Waals surface area contributed by atoms with E-state index in [0.717, 1.165) is 13.1 Å². The van der Waals surface area contributed by atoms with Crippen molar-refractivity contribution in [1.82, 2.24) is 10.2 Å². The quantitative estimate of drug-likeness (QED) is 0.509. The zero-order valence-corrected chi connectivity index (χ0v) is 14.1. The molecule has 128 valence electrons. The summed E-state index contributed by atoms with van der Waals surface area (Å²) in [6.07, 6.45) is 1.36. The highest BCUT2D eigenvalue weighted by molar-refractivity contribution is 5.78. The molecule has 6 heteroatoms. The summed E-state index contributed by atoms with van der Waals surface area (Å²) in [5, 5.41) is 3.27. The molecule has 0 spiro atoms. The number of nitrogens with zero attached hydrogens (tertiary/aromatic N) is 1. The topological polar surface area (TPSA) is 67.9 Å². The Bertz CT molecular complexity index is 339. The van der Waals surface area contributed by atoms with E-state index < -0.39 is 0 Å². The Balaban J connectivity index is 2.11. The van der Waals surface area contributed by atoms with Gasteiger partial charge in [0, 0.05) is 19.6 Å². The Morgan fingerprint density at radius 1 is 1.27 bits per heavy atom. The van der Waals surface area contributed by atoms with Crippen LogP contribution in [0.4, 0.5) is 0 Å². The first kappa shape index (κ1) is 18.9. The largest absolute Gasteiger partial charge is 0.466 e. The van der Waals surface area contributed by atoms with Crippen molar-refractivity contribution in [3.63, 3.8) is 0 Å². The van der Waals surface area contributed by atoms with Crippen molar-refractivity contribution in [1.29, 1.82) is 0 Å². The Morgan fingerprint density at radius 2 is 1.95 bits per heavy atom. The second-order valence-corrected chi connectivity index (χ2v) is 6.06. The third-order valence-corrected chi connectivity index (χ3v) is 3.67. The lowest BCUT2D eigenvalue weighted by Crippen LogP contribution is -2.42. The monoisotopic (exact) mass is 314 g/mol. The van der Waals surface area contributed by atoms with Crippen LogP contribution in [-0.4, -0.2) is 62.8 Å². The maximum absolute atomic E-state index is 12.0. The molecule has 0 aromatic heterocycles. The van der Waals surface area contributed by atoms with Crippen molar-refractivity contribution < 1.29 is 19.1 Å². The van der Waals surface area contributed by atoms with Crippen LogP contribution in [0.3, 0.4) is 0 Å². The summed E-state index contributed by atoms with van der Waals surface area (Å²) in [5.74, 6) is 0.417. The number of hydrogen-bond acceptors (Lipinski definition) is 5. The Morgan fingerprint density at radius 3 is 2.55 bits per heavy atom. The molecule has 0 bridgehead atoms. The second-order valence-electron chi connectivity index (χ2n) is 6.06. The minimum Gasteiger partial charge on any atom is -0.466 e. The number of esters is 1. The SMILES string of the molecule is CCOC(=O)C1CCN(C(=O)COCCNCC(C)C)CC1. The van der Waals surface area contributed by atoms with Gasteiger partial charge in [0.1, 0.15) is 6.61 Å². The van der Waals surface area contributed by atoms with Gasteiger partial charge in [0.05, 0.1) is 19.1 Å². The summed E-state index contributed by atoms with van der Waals surface area (Å²) >= 11 is 0. The van der Waals surface area contributed by atoms with Crippen LogP contribution in [-0.2, 0) is 19.1 Å². The highest BCUT2D eigenvalue weighted by atomic mass is 16.5. The fourth-order valence-electron chi connectivity index (χ4n) is 2.41. The van der Waals surface area contributed by atoms with Crippen LogP contribution in [0, 0.1) is 11.8 Å². The lowest BCUT2D eigenvalue weighted by Gasteiger charge is -2.30. The number of hydrogen-bond donors (Lipinski definition) is 1. The zero-order chi connectivity index (χ0) is 16.4. The van der Waals surface area contributed by atoms with Gasteiger partial charge in [0.25, 0.3) is 0 Å². The highest BCUT2D eigenvalue weighted by Gasteiger charge is 2.27. The van der Waals surface area contributed by atoms with Gasteiger partial charge in [0.15, 0.2) is 0 Å². The maximum Gasteiger partial charge on any atom is 0.309 e. The lowest BCUT2D eigenvalue weighted by atomic mass is 9.97. The van der Waals surface area contributed by atoms with Crippen LogP contribution in [0.2, 0.25) is 0 Å². The van der Waals surface area contributed by atoms with Gasteiger partial charge < -0.3 is 19.7 Å². The van der Waals surface area contributed by atoms with Crippen molar-refractivity contribution in [2.24, 2.45) is 11.8 Å². The average Bonchev–Trinajstić information content (AvgIpc) is 2.50. The van der Waals surface area contributed by atoms with Crippen molar-refractivity contribution in [2.75, 3.05) is 46.0 Å². The van der Waals surface area contributed by atoms with E-state index in [1.807, 2.05) is 6.92 Å². The number of carbonyl (C=O) groups is 2. The summed E-state index contributed by atoms with van der Waals surface area (Å²) < 4.78 is 10.4. The first-order valence-corrected chi connectivity index (χ1v) is 8.27. The Labute approximate surface area is 133 Å². The van der Waals surface area contributed by atoms with Crippen molar-refractivity contribution in [2.45, 2.75) is 33.6 Å². The molecule has 0 atom stereocenters. The van der Waals surface area contributed by atoms with Gasteiger partial charge in [-0.3, -0.25) is 9.59 Å². The molecule has 1 N–H and O–H groups in total. The van der Waals surface area contributed by atoms with Gasteiger partial charge in [-0.25, -0.2) is 0 Å². The van der Waals surface area contributed by atoms with E-state index in [1.54, 1.807) is 4.90 Å². The normalized spacial score (nSPS) is 16.1. The van der Waals surface area contributed by atoms with Crippen LogP contribution < -0.4 is 5.32 Å². The third kappa shape index (κ3) is 7.22. The van der Waals surface area contributed by atoms with Gasteiger partial charge in [0.2, 0.25) is 5.91 Å². The zero-order valence-electron chi connectivity index (χ0n) is 14.1. The molecule has 0 aliphatic carbocycles. The number of nitrogens with one attached hydrogen (secondary N) is 1. The van der Waals surface area contributed by atoms with E-state index in [0.29, 0.717) is 45.1 Å². The molecule has 0 saturated carbocycles. The van der Waals surface area contributed by atoms with Crippen LogP contribution in [0.25, 0.3) is 0 Å². The van der Waals surface area contributed by atoms with E-state index in [2.05, 4.69) is 19.2 Å². The molecule has 0 unspecified atom stereocenters. The van der Waals surface area contributed by atoms with E-state index in [-0.39, 0.29) is 24.4 Å². The minimum atomic E-state index is -0.137. The number of piperidine rings is 1. The molecule has 1 amide bonds. The number of amides is 1. The minimum absolute atomic E-state index is 0.00571. The number of rotatable bonds is 9. The van der Waals surface area contributed by atoms with E-state index in [4.69, 9.17) is 9.47 Å². The van der Waals surface area contributed by atoms with Crippen molar-refractivity contribution in [3.05, 3.63) is 0 Å². The standard InChI is InChI=1S/C16H30N2O4/c1-4-22-16(20)14-5-8-18(9-6-14)15(19)12-21-10-7-17-11-13(2)3/h13-14,17H,4-12H2,1-3H3. The summed E-state index contributed by atoms with van der Waals surface area (Å²) in [6, 6.07) is 0. The predicted molar refractivity (Wildman–Crippen MR) is 84.5 cm³/mol. The fraction of sp³-hybridized carbons (Fsp3) is 0.875. The van der Waals surface area contributed by atoms with E-state index in [1.165, 1.54) is 0 Å². The molecule has 0 aromatic carbocycles. The van der Waals surface area contributed by atoms with Crippen LogP contribution in [0.15, 0.2) is 0 Å². The van der Waals surface area contributed by atoms with Crippen LogP contribution in [0.5, 0.6) is 0 Å². The molecular formula is C16H30N2O4. The predicted octanol–water partition coefficient (Wildman–Crippen LogP) is 1.05. The van der Waals surface area contributed by atoms with Gasteiger partial charge in [-0.1, -0.05) is 13.8 Å². The molecule has 1 aliphatic heterocycles. The Kier molecular flexibility index (Phi) is 9.08. The van der Waals surface area contributed by atoms with Crippen molar-refractivity contribution in [3.8, 4) is 0 Å². The second kappa shape index (κ2) is 10.6. The van der Waals surface area contributed by atoms with Crippen LogP contribution >= 0.6 is 0 Å². The summed E-state index contributed by atoms with van der Waals surface area (Å²) in [7, 11) is 0. The number of likely N-dealkylation sites (tertiary alicyclic amines) is 1. The van der Waals surface area contributed by atoms with Gasteiger partial charge in [-0.2, -0.15) is 0 Å². The fourth-order valence-corrected chi connectivity index (χ4v) is 2.41. The number of ether oxygens (including phenoxy) is 2.